The number of hydrogen-bond acceptors (Lipinski definition) is 5. The van der Waals surface area contributed by atoms with Gasteiger partial charge >= 0.3 is 0 Å². The van der Waals surface area contributed by atoms with Crippen molar-refractivity contribution < 1.29 is 4.79 Å². The Morgan fingerprint density at radius 2 is 2.04 bits per heavy atom. The van der Waals surface area contributed by atoms with Crippen LogP contribution in [0.25, 0.3) is 0 Å². The van der Waals surface area contributed by atoms with E-state index in [1.807, 2.05) is 23.1 Å². The number of halogens is 1. The number of aromatic nitrogens is 3. The van der Waals surface area contributed by atoms with E-state index in [9.17, 15) is 4.79 Å². The van der Waals surface area contributed by atoms with Crippen molar-refractivity contribution in [1.82, 2.24) is 30.5 Å². The smallest absolute Gasteiger partial charge is 0.224 e. The molecule has 4 rings (SSSR count). The number of nitrogens with one attached hydrogen (secondary N) is 2. The minimum Gasteiger partial charge on any atom is -0.343 e. The average molecular weight is 389 g/mol. The summed E-state index contributed by atoms with van der Waals surface area (Å²) in [7, 11) is 0. The van der Waals surface area contributed by atoms with Crippen molar-refractivity contribution in [1.29, 1.82) is 0 Å². The van der Waals surface area contributed by atoms with Gasteiger partial charge in [-0.3, -0.25) is 14.9 Å². The zero-order chi connectivity index (χ0) is 18.6. The van der Waals surface area contributed by atoms with Crippen LogP contribution < -0.4 is 10.9 Å². The fourth-order valence-corrected chi connectivity index (χ4v) is 4.39. The molecule has 1 amide bonds. The number of carbonyl (C=O) groups is 1. The van der Waals surface area contributed by atoms with Crippen LogP contribution in [0.5, 0.6) is 0 Å². The molecule has 27 heavy (non-hydrogen) atoms. The van der Waals surface area contributed by atoms with Crippen LogP contribution in [-0.4, -0.2) is 44.7 Å². The number of nitrogens with zero attached hydrogens (tertiary/aromatic N) is 4. The molecule has 0 spiro atoms. The molecule has 2 aliphatic rings. The van der Waals surface area contributed by atoms with Crippen LogP contribution in [0.2, 0.25) is 5.02 Å². The summed E-state index contributed by atoms with van der Waals surface area (Å²) in [6.45, 7) is 2.25. The molecule has 2 fully saturated rings. The summed E-state index contributed by atoms with van der Waals surface area (Å²) in [5, 5.41) is 4.86. The second kappa shape index (κ2) is 8.37. The molecule has 144 valence electrons. The van der Waals surface area contributed by atoms with Crippen molar-refractivity contribution in [3.8, 4) is 0 Å². The van der Waals surface area contributed by atoms with Crippen LogP contribution in [0.3, 0.4) is 0 Å². The highest BCUT2D eigenvalue weighted by atomic mass is 35.5. The molecule has 2 unspecified atom stereocenters. The fraction of sp³-hybridized carbons (Fsp3) is 0.526. The Bertz CT molecular complexity index is 759. The lowest BCUT2D eigenvalue weighted by atomic mass is 9.86. The van der Waals surface area contributed by atoms with Crippen LogP contribution in [0.4, 0.5) is 0 Å². The highest BCUT2D eigenvalue weighted by molar-refractivity contribution is 6.31. The van der Waals surface area contributed by atoms with Crippen LogP contribution >= 0.6 is 11.6 Å². The van der Waals surface area contributed by atoms with Crippen LogP contribution in [-0.2, 0) is 11.3 Å². The van der Waals surface area contributed by atoms with Gasteiger partial charge in [-0.2, -0.15) is 5.10 Å². The molecule has 3 heterocycles. The van der Waals surface area contributed by atoms with Crippen molar-refractivity contribution in [2.24, 2.45) is 5.92 Å². The third-order valence-electron chi connectivity index (χ3n) is 5.70. The van der Waals surface area contributed by atoms with Gasteiger partial charge in [0.2, 0.25) is 5.91 Å². The summed E-state index contributed by atoms with van der Waals surface area (Å²) in [6.07, 6.45) is 6.70. The lowest BCUT2D eigenvalue weighted by Gasteiger charge is -2.34. The normalized spacial score (nSPS) is 23.7. The summed E-state index contributed by atoms with van der Waals surface area (Å²) in [6, 6.07) is 8.67. The number of hydrazine groups is 1. The first-order valence-electron chi connectivity index (χ1n) is 9.56. The van der Waals surface area contributed by atoms with Crippen molar-refractivity contribution in [2.45, 2.75) is 44.3 Å². The number of carbonyl (C=O) groups excluding carboxylic acids is 1. The summed E-state index contributed by atoms with van der Waals surface area (Å²) in [4.78, 5) is 18.3. The standard InChI is InChI=1S/C19H25ClN6O/c20-16-4-2-1-3-15(16)18-11-17(23-24-18)14-5-8-25(9-6-14)19(27)7-10-26-13-21-12-22-26/h1-4,12-14,17-18,23-24H,5-11H2. The maximum absolute atomic E-state index is 12.4. The molecule has 1 aromatic carbocycles. The van der Waals surface area contributed by atoms with Crippen LogP contribution in [0.1, 0.15) is 37.3 Å². The van der Waals surface area contributed by atoms with E-state index in [0.717, 1.165) is 42.9 Å². The maximum Gasteiger partial charge on any atom is 0.224 e. The second-order valence-corrected chi connectivity index (χ2v) is 7.74. The molecule has 0 bridgehead atoms. The quantitative estimate of drug-likeness (QED) is 0.821. The van der Waals surface area contributed by atoms with Gasteiger partial charge in [-0.15, -0.1) is 0 Å². The maximum atomic E-state index is 12.4. The Balaban J connectivity index is 1.25. The fourth-order valence-electron chi connectivity index (χ4n) is 4.12. The molecular weight excluding hydrogens is 364 g/mol. The zero-order valence-electron chi connectivity index (χ0n) is 15.2. The van der Waals surface area contributed by atoms with E-state index in [1.54, 1.807) is 11.0 Å². The zero-order valence-corrected chi connectivity index (χ0v) is 16.0. The first-order valence-corrected chi connectivity index (χ1v) is 9.94. The van der Waals surface area contributed by atoms with Gasteiger partial charge in [-0.1, -0.05) is 29.8 Å². The molecule has 2 aromatic rings. The van der Waals surface area contributed by atoms with Gasteiger partial charge in [0.25, 0.3) is 0 Å². The van der Waals surface area contributed by atoms with Gasteiger partial charge in [0, 0.05) is 36.6 Å². The molecule has 2 aliphatic heterocycles. The summed E-state index contributed by atoms with van der Waals surface area (Å²) in [5.41, 5.74) is 8.01. The predicted molar refractivity (Wildman–Crippen MR) is 103 cm³/mol. The summed E-state index contributed by atoms with van der Waals surface area (Å²) < 4.78 is 1.70. The lowest BCUT2D eigenvalue weighted by molar-refractivity contribution is -0.133. The Morgan fingerprint density at radius 1 is 1.22 bits per heavy atom. The molecule has 2 atom stereocenters. The van der Waals surface area contributed by atoms with Crippen molar-refractivity contribution >= 4 is 17.5 Å². The van der Waals surface area contributed by atoms with E-state index < -0.39 is 0 Å². The molecular formula is C19H25ClN6O. The van der Waals surface area contributed by atoms with Gasteiger partial charge in [0.05, 0.1) is 6.54 Å². The Kier molecular flexibility index (Phi) is 5.71. The van der Waals surface area contributed by atoms with E-state index >= 15 is 0 Å². The number of rotatable bonds is 5. The van der Waals surface area contributed by atoms with E-state index in [-0.39, 0.29) is 11.9 Å². The van der Waals surface area contributed by atoms with E-state index in [2.05, 4.69) is 27.0 Å². The Labute approximate surface area is 164 Å². The average Bonchev–Trinajstić information content (AvgIpc) is 3.39. The molecule has 2 saturated heterocycles. The van der Waals surface area contributed by atoms with Crippen molar-refractivity contribution in [3.63, 3.8) is 0 Å². The van der Waals surface area contributed by atoms with Crippen molar-refractivity contribution in [2.75, 3.05) is 13.1 Å². The molecule has 7 nitrogen and oxygen atoms in total. The monoisotopic (exact) mass is 388 g/mol. The molecule has 8 heteroatoms. The van der Waals surface area contributed by atoms with Gasteiger partial charge in [0.1, 0.15) is 12.7 Å². The van der Waals surface area contributed by atoms with Gasteiger partial charge in [0.15, 0.2) is 0 Å². The first kappa shape index (κ1) is 18.4. The Hall–Kier alpha value is -1.96. The topological polar surface area (TPSA) is 75.1 Å². The number of likely N-dealkylation sites (tertiary alicyclic amines) is 1. The number of benzene rings is 1. The summed E-state index contributed by atoms with van der Waals surface area (Å²) >= 11 is 6.34. The van der Waals surface area contributed by atoms with E-state index in [4.69, 9.17) is 11.6 Å². The lowest BCUT2D eigenvalue weighted by Crippen LogP contribution is -2.44. The largest absolute Gasteiger partial charge is 0.343 e. The highest BCUT2D eigenvalue weighted by Gasteiger charge is 2.34. The van der Waals surface area contributed by atoms with Gasteiger partial charge < -0.3 is 4.90 Å². The van der Waals surface area contributed by atoms with Crippen LogP contribution in [0, 0.1) is 5.92 Å². The van der Waals surface area contributed by atoms with Gasteiger partial charge in [-0.05, 0) is 36.8 Å². The van der Waals surface area contributed by atoms with Crippen LogP contribution in [0.15, 0.2) is 36.9 Å². The van der Waals surface area contributed by atoms with E-state index in [1.165, 1.54) is 6.33 Å². The number of hydrogen-bond donors (Lipinski definition) is 2. The summed E-state index contributed by atoms with van der Waals surface area (Å²) in [5.74, 6) is 0.778. The molecule has 0 radical (unpaired) electrons. The minimum atomic E-state index is 0.204. The predicted octanol–water partition coefficient (Wildman–Crippen LogP) is 2.17. The van der Waals surface area contributed by atoms with Gasteiger partial charge in [-0.25, -0.2) is 10.4 Å². The Morgan fingerprint density at radius 3 is 2.78 bits per heavy atom. The highest BCUT2D eigenvalue weighted by Crippen LogP contribution is 2.33. The van der Waals surface area contributed by atoms with Crippen molar-refractivity contribution in [3.05, 3.63) is 47.5 Å². The van der Waals surface area contributed by atoms with E-state index in [0.29, 0.717) is 24.9 Å². The SMILES string of the molecule is O=C(CCn1cncn1)N1CCC(C2CC(c3ccccc3Cl)NN2)CC1. The second-order valence-electron chi connectivity index (χ2n) is 7.33. The number of aryl methyl sites for hydroxylation is 1. The molecule has 1 aromatic heterocycles. The first-order chi connectivity index (χ1) is 13.2. The molecule has 0 saturated carbocycles. The number of amides is 1. The third kappa shape index (κ3) is 4.31. The third-order valence-corrected chi connectivity index (χ3v) is 6.04. The molecule has 0 aliphatic carbocycles. The number of piperidine rings is 1. The minimum absolute atomic E-state index is 0.204. The molecule has 2 N–H and O–H groups in total.